The van der Waals surface area contributed by atoms with Crippen molar-refractivity contribution in [2.75, 3.05) is 0 Å². The van der Waals surface area contributed by atoms with E-state index in [1.165, 1.54) is 0 Å². The first-order valence-electron chi connectivity index (χ1n) is 5.40. The van der Waals surface area contributed by atoms with E-state index in [-0.39, 0.29) is 6.42 Å². The molecule has 0 atom stereocenters. The van der Waals surface area contributed by atoms with E-state index < -0.39 is 5.97 Å². The first-order valence-corrected chi connectivity index (χ1v) is 5.40. The molecular formula is C12H13N3O2. The van der Waals surface area contributed by atoms with E-state index in [1.54, 1.807) is 17.1 Å². The lowest BCUT2D eigenvalue weighted by molar-refractivity contribution is -0.136. The van der Waals surface area contributed by atoms with Crippen molar-refractivity contribution in [2.24, 2.45) is 0 Å². The quantitative estimate of drug-likeness (QED) is 0.867. The monoisotopic (exact) mass is 231 g/mol. The fourth-order valence-electron chi connectivity index (χ4n) is 1.64. The molecule has 0 saturated carbocycles. The Bertz CT molecular complexity index is 520. The van der Waals surface area contributed by atoms with Crippen LogP contribution in [0.5, 0.6) is 0 Å². The van der Waals surface area contributed by atoms with Gasteiger partial charge in [0.15, 0.2) is 0 Å². The van der Waals surface area contributed by atoms with Gasteiger partial charge in [0.1, 0.15) is 5.69 Å². The lowest BCUT2D eigenvalue weighted by Crippen LogP contribution is -2.00. The van der Waals surface area contributed by atoms with E-state index in [9.17, 15) is 4.79 Å². The minimum Gasteiger partial charge on any atom is -0.481 e. The molecule has 0 radical (unpaired) electrons. The molecule has 2 aromatic rings. The van der Waals surface area contributed by atoms with Crippen molar-refractivity contribution >= 4 is 5.97 Å². The standard InChI is InChI=1S/C12H13N3O2/c1-2-15-8-9(7-11(16)17)12(14-15)10-5-3-4-6-13-10/h3-6,8H,2,7H2,1H3,(H,16,17). The average molecular weight is 231 g/mol. The predicted molar refractivity (Wildman–Crippen MR) is 62.5 cm³/mol. The molecule has 1 N–H and O–H groups in total. The Kier molecular flexibility index (Phi) is 3.18. The molecule has 0 aromatic carbocycles. The van der Waals surface area contributed by atoms with Gasteiger partial charge in [0.2, 0.25) is 0 Å². The molecule has 0 fully saturated rings. The van der Waals surface area contributed by atoms with Gasteiger partial charge in [0.05, 0.1) is 12.1 Å². The molecule has 0 amide bonds. The Morgan fingerprint density at radius 2 is 2.29 bits per heavy atom. The van der Waals surface area contributed by atoms with Gasteiger partial charge in [0.25, 0.3) is 0 Å². The van der Waals surface area contributed by atoms with Gasteiger partial charge in [-0.15, -0.1) is 0 Å². The number of aliphatic carboxylic acids is 1. The van der Waals surface area contributed by atoms with Crippen LogP contribution in [0.1, 0.15) is 12.5 Å². The number of carboxylic acids is 1. The Morgan fingerprint density at radius 1 is 1.47 bits per heavy atom. The predicted octanol–water partition coefficient (Wildman–Crippen LogP) is 1.59. The Hall–Kier alpha value is -2.17. The average Bonchev–Trinajstić information content (AvgIpc) is 2.72. The summed E-state index contributed by atoms with van der Waals surface area (Å²) in [7, 11) is 0. The van der Waals surface area contributed by atoms with Gasteiger partial charge in [0, 0.05) is 24.5 Å². The van der Waals surface area contributed by atoms with Gasteiger partial charge in [-0.25, -0.2) is 0 Å². The van der Waals surface area contributed by atoms with Crippen molar-refractivity contribution in [3.05, 3.63) is 36.2 Å². The van der Waals surface area contributed by atoms with Crippen LogP contribution in [0, 0.1) is 0 Å². The number of hydrogen-bond acceptors (Lipinski definition) is 3. The zero-order valence-corrected chi connectivity index (χ0v) is 9.50. The molecule has 0 saturated heterocycles. The van der Waals surface area contributed by atoms with Crippen molar-refractivity contribution in [2.45, 2.75) is 19.9 Å². The Balaban J connectivity index is 2.44. The largest absolute Gasteiger partial charge is 0.481 e. The number of rotatable bonds is 4. The molecule has 0 spiro atoms. The molecule has 2 rings (SSSR count). The number of pyridine rings is 1. The number of nitrogens with zero attached hydrogens (tertiary/aromatic N) is 3. The summed E-state index contributed by atoms with van der Waals surface area (Å²) in [5, 5.41) is 13.2. The van der Waals surface area contributed by atoms with E-state index in [2.05, 4.69) is 10.1 Å². The van der Waals surface area contributed by atoms with E-state index in [1.807, 2.05) is 25.1 Å². The second-order valence-electron chi connectivity index (χ2n) is 3.64. The number of carboxylic acid groups (broad SMARTS) is 1. The highest BCUT2D eigenvalue weighted by Crippen LogP contribution is 2.20. The first kappa shape index (κ1) is 11.3. The van der Waals surface area contributed by atoms with Crippen LogP contribution in [0.4, 0.5) is 0 Å². The maximum atomic E-state index is 10.8. The number of hydrogen-bond donors (Lipinski definition) is 1. The molecular weight excluding hydrogens is 218 g/mol. The summed E-state index contributed by atoms with van der Waals surface area (Å²) in [5.41, 5.74) is 2.05. The van der Waals surface area contributed by atoms with Crippen molar-refractivity contribution in [3.8, 4) is 11.4 Å². The van der Waals surface area contributed by atoms with Crippen LogP contribution < -0.4 is 0 Å². The van der Waals surface area contributed by atoms with Crippen LogP contribution in [-0.2, 0) is 17.8 Å². The summed E-state index contributed by atoms with van der Waals surface area (Å²) in [6.45, 7) is 2.67. The molecule has 17 heavy (non-hydrogen) atoms. The normalized spacial score (nSPS) is 10.4. The van der Waals surface area contributed by atoms with Crippen LogP contribution in [0.2, 0.25) is 0 Å². The van der Waals surface area contributed by atoms with Gasteiger partial charge in [-0.2, -0.15) is 5.10 Å². The van der Waals surface area contributed by atoms with Gasteiger partial charge in [-0.1, -0.05) is 6.07 Å². The third kappa shape index (κ3) is 2.50. The maximum absolute atomic E-state index is 10.8. The molecule has 2 aromatic heterocycles. The topological polar surface area (TPSA) is 68.0 Å². The number of aryl methyl sites for hydroxylation is 1. The fraction of sp³-hybridized carbons (Fsp3) is 0.250. The van der Waals surface area contributed by atoms with Crippen LogP contribution in [-0.4, -0.2) is 25.8 Å². The van der Waals surface area contributed by atoms with E-state index >= 15 is 0 Å². The summed E-state index contributed by atoms with van der Waals surface area (Å²) in [4.78, 5) is 15.0. The van der Waals surface area contributed by atoms with Crippen molar-refractivity contribution in [1.29, 1.82) is 0 Å². The van der Waals surface area contributed by atoms with Crippen LogP contribution >= 0.6 is 0 Å². The maximum Gasteiger partial charge on any atom is 0.307 e. The molecule has 5 nitrogen and oxygen atoms in total. The highest BCUT2D eigenvalue weighted by molar-refractivity contribution is 5.73. The first-order chi connectivity index (χ1) is 8.20. The van der Waals surface area contributed by atoms with E-state index in [4.69, 9.17) is 5.11 Å². The summed E-state index contributed by atoms with van der Waals surface area (Å²) in [6, 6.07) is 5.50. The van der Waals surface area contributed by atoms with Crippen molar-refractivity contribution in [1.82, 2.24) is 14.8 Å². The van der Waals surface area contributed by atoms with Crippen LogP contribution in [0.25, 0.3) is 11.4 Å². The summed E-state index contributed by atoms with van der Waals surface area (Å²) in [6.07, 6.45) is 3.40. The summed E-state index contributed by atoms with van der Waals surface area (Å²) >= 11 is 0. The zero-order valence-electron chi connectivity index (χ0n) is 9.50. The molecule has 2 heterocycles. The molecule has 5 heteroatoms. The lowest BCUT2D eigenvalue weighted by Gasteiger charge is -1.98. The smallest absolute Gasteiger partial charge is 0.307 e. The third-order valence-corrected chi connectivity index (χ3v) is 2.41. The fourth-order valence-corrected chi connectivity index (χ4v) is 1.64. The minimum absolute atomic E-state index is 0.0358. The Morgan fingerprint density at radius 3 is 2.88 bits per heavy atom. The zero-order chi connectivity index (χ0) is 12.3. The van der Waals surface area contributed by atoms with Crippen molar-refractivity contribution in [3.63, 3.8) is 0 Å². The third-order valence-electron chi connectivity index (χ3n) is 2.41. The van der Waals surface area contributed by atoms with E-state index in [0.29, 0.717) is 23.5 Å². The van der Waals surface area contributed by atoms with Gasteiger partial charge in [-0.3, -0.25) is 14.5 Å². The number of carbonyl (C=O) groups is 1. The molecule has 0 bridgehead atoms. The van der Waals surface area contributed by atoms with Crippen LogP contribution in [0.15, 0.2) is 30.6 Å². The number of aromatic nitrogens is 3. The highest BCUT2D eigenvalue weighted by atomic mass is 16.4. The molecule has 0 aliphatic heterocycles. The van der Waals surface area contributed by atoms with Gasteiger partial charge < -0.3 is 5.11 Å². The van der Waals surface area contributed by atoms with Gasteiger partial charge in [-0.05, 0) is 19.1 Å². The summed E-state index contributed by atoms with van der Waals surface area (Å²) in [5.74, 6) is -0.863. The molecule has 0 aliphatic rings. The van der Waals surface area contributed by atoms with Crippen LogP contribution in [0.3, 0.4) is 0 Å². The summed E-state index contributed by atoms with van der Waals surface area (Å²) < 4.78 is 1.72. The Labute approximate surface area is 98.7 Å². The second kappa shape index (κ2) is 4.78. The van der Waals surface area contributed by atoms with Crippen molar-refractivity contribution < 1.29 is 9.90 Å². The minimum atomic E-state index is -0.863. The molecule has 0 aliphatic carbocycles. The second-order valence-corrected chi connectivity index (χ2v) is 3.64. The van der Waals surface area contributed by atoms with E-state index in [0.717, 1.165) is 0 Å². The molecule has 0 unspecified atom stereocenters. The lowest BCUT2D eigenvalue weighted by atomic mass is 10.1. The SMILES string of the molecule is CCn1cc(CC(=O)O)c(-c2ccccn2)n1. The van der Waals surface area contributed by atoms with Gasteiger partial charge >= 0.3 is 5.97 Å². The molecule has 88 valence electrons. The highest BCUT2D eigenvalue weighted by Gasteiger charge is 2.14.